The Balaban J connectivity index is 1.87. The van der Waals surface area contributed by atoms with Gasteiger partial charge in [-0.2, -0.15) is 11.8 Å². The molecule has 2 rings (SSSR count). The zero-order valence-corrected chi connectivity index (χ0v) is 9.72. The van der Waals surface area contributed by atoms with Crippen LogP contribution >= 0.6 is 11.8 Å². The average molecular weight is 227 g/mol. The van der Waals surface area contributed by atoms with E-state index in [2.05, 4.69) is 5.32 Å². The molecular weight excluding hydrogens is 210 g/mol. The predicted molar refractivity (Wildman–Crippen MR) is 62.0 cm³/mol. The molecule has 0 radical (unpaired) electrons. The first-order valence-electron chi connectivity index (χ1n) is 5.26. The molecule has 0 bridgehead atoms. The highest BCUT2D eigenvalue weighted by atomic mass is 32.2. The predicted octanol–water partition coefficient (Wildman–Crippen LogP) is 1.58. The van der Waals surface area contributed by atoms with Gasteiger partial charge in [0, 0.05) is 18.3 Å². The summed E-state index contributed by atoms with van der Waals surface area (Å²) in [6, 6.07) is 4.15. The van der Waals surface area contributed by atoms with Crippen LogP contribution in [-0.4, -0.2) is 29.2 Å². The van der Waals surface area contributed by atoms with Crippen molar-refractivity contribution in [3.8, 4) is 0 Å². The Bertz CT molecular complexity index is 292. The summed E-state index contributed by atoms with van der Waals surface area (Å²) in [5.74, 6) is 3.00. The molecule has 84 valence electrons. The number of furan rings is 1. The molecule has 1 aromatic heterocycles. The normalized spacial score (nSPS) is 25.3. The van der Waals surface area contributed by atoms with Crippen LogP contribution < -0.4 is 5.32 Å². The second-order valence-electron chi connectivity index (χ2n) is 4.19. The Hall–Kier alpha value is -0.450. The number of rotatable bonds is 4. The van der Waals surface area contributed by atoms with E-state index in [1.807, 2.05) is 17.8 Å². The topological polar surface area (TPSA) is 45.4 Å². The summed E-state index contributed by atoms with van der Waals surface area (Å²) in [6.45, 7) is 2.33. The maximum Gasteiger partial charge on any atom is 0.136 e. The van der Waals surface area contributed by atoms with Crippen LogP contribution in [0.3, 0.4) is 0 Å². The second-order valence-corrected chi connectivity index (χ2v) is 5.34. The molecular formula is C11H17NO2S. The molecule has 0 aromatic carbocycles. The molecule has 1 aromatic rings. The Labute approximate surface area is 94.2 Å². The number of nitrogens with one attached hydrogen (secondary N) is 1. The largest absolute Gasteiger partial charge is 0.466 e. The molecule has 0 amide bonds. The van der Waals surface area contributed by atoms with Crippen molar-refractivity contribution in [1.82, 2.24) is 5.32 Å². The molecule has 2 atom stereocenters. The third kappa shape index (κ3) is 2.77. The maximum atomic E-state index is 10.2. The van der Waals surface area contributed by atoms with E-state index in [4.69, 9.17) is 4.42 Å². The zero-order chi connectivity index (χ0) is 10.7. The van der Waals surface area contributed by atoms with E-state index < -0.39 is 5.60 Å². The van der Waals surface area contributed by atoms with Crippen molar-refractivity contribution in [3.63, 3.8) is 0 Å². The third-order valence-corrected chi connectivity index (χ3v) is 3.88. The molecule has 15 heavy (non-hydrogen) atoms. The number of hydrogen-bond donors (Lipinski definition) is 2. The molecule has 1 aliphatic heterocycles. The van der Waals surface area contributed by atoms with Crippen LogP contribution in [0, 0.1) is 0 Å². The van der Waals surface area contributed by atoms with Gasteiger partial charge in [0.05, 0.1) is 6.26 Å². The van der Waals surface area contributed by atoms with Gasteiger partial charge in [-0.1, -0.05) is 0 Å². The van der Waals surface area contributed by atoms with Crippen molar-refractivity contribution in [2.24, 2.45) is 0 Å². The van der Waals surface area contributed by atoms with Crippen LogP contribution in [0.4, 0.5) is 0 Å². The molecule has 0 saturated carbocycles. The van der Waals surface area contributed by atoms with Crippen molar-refractivity contribution in [3.05, 3.63) is 24.2 Å². The lowest BCUT2D eigenvalue weighted by Crippen LogP contribution is -2.40. The van der Waals surface area contributed by atoms with E-state index in [0.29, 0.717) is 18.3 Å². The molecule has 4 heteroatoms. The second kappa shape index (κ2) is 4.60. The minimum Gasteiger partial charge on any atom is -0.466 e. The highest BCUT2D eigenvalue weighted by Gasteiger charge is 2.27. The molecule has 2 unspecified atom stereocenters. The number of hydrogen-bond acceptors (Lipinski definition) is 4. The summed E-state index contributed by atoms with van der Waals surface area (Å²) in [4.78, 5) is 0. The van der Waals surface area contributed by atoms with Gasteiger partial charge in [-0.25, -0.2) is 0 Å². The highest BCUT2D eigenvalue weighted by molar-refractivity contribution is 7.99. The molecule has 1 fully saturated rings. The summed E-state index contributed by atoms with van der Waals surface area (Å²) in [7, 11) is 0. The molecule has 2 heterocycles. The van der Waals surface area contributed by atoms with E-state index in [1.54, 1.807) is 19.3 Å². The summed E-state index contributed by atoms with van der Waals surface area (Å²) < 4.78 is 5.22. The van der Waals surface area contributed by atoms with Gasteiger partial charge in [0.15, 0.2) is 0 Å². The molecule has 0 aliphatic carbocycles. The van der Waals surface area contributed by atoms with E-state index in [0.717, 1.165) is 5.75 Å². The summed E-state index contributed by atoms with van der Waals surface area (Å²) >= 11 is 1.96. The van der Waals surface area contributed by atoms with E-state index in [9.17, 15) is 5.11 Å². The van der Waals surface area contributed by atoms with Gasteiger partial charge in [0.1, 0.15) is 11.4 Å². The van der Waals surface area contributed by atoms with Crippen LogP contribution in [0.25, 0.3) is 0 Å². The van der Waals surface area contributed by atoms with Crippen LogP contribution in [0.1, 0.15) is 19.1 Å². The van der Waals surface area contributed by atoms with Gasteiger partial charge in [-0.3, -0.25) is 0 Å². The fraction of sp³-hybridized carbons (Fsp3) is 0.636. The standard InChI is InChI=1S/C11H17NO2S/c1-11(13,10-3-2-5-14-10)8-12-9-4-6-15-7-9/h2-3,5,9,12-13H,4,6-8H2,1H3. The lowest BCUT2D eigenvalue weighted by Gasteiger charge is -2.23. The van der Waals surface area contributed by atoms with Crippen LogP contribution in [0.2, 0.25) is 0 Å². The first-order chi connectivity index (χ1) is 7.18. The van der Waals surface area contributed by atoms with Gasteiger partial charge in [0.25, 0.3) is 0 Å². The molecule has 3 nitrogen and oxygen atoms in total. The lowest BCUT2D eigenvalue weighted by molar-refractivity contribution is 0.0323. The van der Waals surface area contributed by atoms with Gasteiger partial charge in [-0.05, 0) is 31.2 Å². The number of thioether (sulfide) groups is 1. The van der Waals surface area contributed by atoms with Gasteiger partial charge < -0.3 is 14.8 Å². The summed E-state index contributed by atoms with van der Waals surface area (Å²) in [5.41, 5.74) is -0.906. The first kappa shape index (κ1) is 11.0. The van der Waals surface area contributed by atoms with E-state index in [-0.39, 0.29) is 0 Å². The molecule has 0 spiro atoms. The third-order valence-electron chi connectivity index (χ3n) is 2.72. The number of aliphatic hydroxyl groups is 1. The Morgan fingerprint density at radius 2 is 2.60 bits per heavy atom. The van der Waals surface area contributed by atoms with Crippen LogP contribution in [0.15, 0.2) is 22.8 Å². The molecule has 2 N–H and O–H groups in total. The van der Waals surface area contributed by atoms with Crippen molar-refractivity contribution in [1.29, 1.82) is 0 Å². The van der Waals surface area contributed by atoms with E-state index in [1.165, 1.54) is 12.2 Å². The highest BCUT2D eigenvalue weighted by Crippen LogP contribution is 2.22. The monoisotopic (exact) mass is 227 g/mol. The van der Waals surface area contributed by atoms with Crippen molar-refractivity contribution in [2.45, 2.75) is 25.0 Å². The van der Waals surface area contributed by atoms with Crippen molar-refractivity contribution in [2.75, 3.05) is 18.1 Å². The fourth-order valence-corrected chi connectivity index (χ4v) is 2.90. The minimum absolute atomic E-state index is 0.538. The van der Waals surface area contributed by atoms with Crippen LogP contribution in [0.5, 0.6) is 0 Å². The fourth-order valence-electron chi connectivity index (χ4n) is 1.71. The van der Waals surface area contributed by atoms with E-state index >= 15 is 0 Å². The van der Waals surface area contributed by atoms with Crippen molar-refractivity contribution >= 4 is 11.8 Å². The average Bonchev–Trinajstić information content (AvgIpc) is 2.88. The Morgan fingerprint density at radius 1 is 1.73 bits per heavy atom. The Kier molecular flexibility index (Phi) is 3.38. The quantitative estimate of drug-likeness (QED) is 0.820. The van der Waals surface area contributed by atoms with Gasteiger partial charge in [-0.15, -0.1) is 0 Å². The Morgan fingerprint density at radius 3 is 3.20 bits per heavy atom. The lowest BCUT2D eigenvalue weighted by atomic mass is 10.0. The minimum atomic E-state index is -0.906. The van der Waals surface area contributed by atoms with Crippen molar-refractivity contribution < 1.29 is 9.52 Å². The smallest absolute Gasteiger partial charge is 0.136 e. The SMILES string of the molecule is CC(O)(CNC1CCSC1)c1ccco1. The first-order valence-corrected chi connectivity index (χ1v) is 6.41. The summed E-state index contributed by atoms with van der Waals surface area (Å²) in [6.07, 6.45) is 2.79. The molecule has 1 aliphatic rings. The molecule has 1 saturated heterocycles. The van der Waals surface area contributed by atoms with Crippen LogP contribution in [-0.2, 0) is 5.60 Å². The van der Waals surface area contributed by atoms with Gasteiger partial charge in [0.2, 0.25) is 0 Å². The zero-order valence-electron chi connectivity index (χ0n) is 8.90. The van der Waals surface area contributed by atoms with Gasteiger partial charge >= 0.3 is 0 Å². The maximum absolute atomic E-state index is 10.2. The summed E-state index contributed by atoms with van der Waals surface area (Å²) in [5, 5.41) is 13.6.